The Hall–Kier alpha value is -3.50. The van der Waals surface area contributed by atoms with Crippen LogP contribution in [0.2, 0.25) is 5.02 Å². The van der Waals surface area contributed by atoms with E-state index in [4.69, 9.17) is 20.9 Å². The highest BCUT2D eigenvalue weighted by Crippen LogP contribution is 2.36. The molecule has 0 spiro atoms. The first-order valence-electron chi connectivity index (χ1n) is 12.8. The summed E-state index contributed by atoms with van der Waals surface area (Å²) >= 11 is 7.49. The van der Waals surface area contributed by atoms with Gasteiger partial charge in [-0.1, -0.05) is 49.7 Å². The SMILES string of the molecule is CC(C)(C)OC(=O)N[C@H]1CSc2ccc(C(=O)Nc3cc(C(C)(C)C)on3)cc2N(Cc2ccc(Cl)cc2)C1=O. The third-order valence-corrected chi connectivity index (χ3v) is 7.33. The lowest BCUT2D eigenvalue weighted by atomic mass is 9.93. The Balaban J connectivity index is 1.64. The Morgan fingerprint density at radius 2 is 1.80 bits per heavy atom. The quantitative estimate of drug-likeness (QED) is 0.356. The van der Waals surface area contributed by atoms with E-state index in [0.29, 0.717) is 33.6 Å². The number of aromatic nitrogens is 1. The Labute approximate surface area is 242 Å². The zero-order chi connectivity index (χ0) is 29.2. The van der Waals surface area contributed by atoms with E-state index in [1.807, 2.05) is 32.9 Å². The lowest BCUT2D eigenvalue weighted by Crippen LogP contribution is -2.50. The van der Waals surface area contributed by atoms with Gasteiger partial charge in [-0.3, -0.25) is 9.59 Å². The lowest BCUT2D eigenvalue weighted by Gasteiger charge is -2.27. The van der Waals surface area contributed by atoms with Crippen molar-refractivity contribution >= 4 is 52.8 Å². The van der Waals surface area contributed by atoms with Crippen LogP contribution in [0.5, 0.6) is 0 Å². The van der Waals surface area contributed by atoms with E-state index in [2.05, 4.69) is 15.8 Å². The number of carbonyl (C=O) groups is 3. The lowest BCUT2D eigenvalue weighted by molar-refractivity contribution is -0.120. The fourth-order valence-electron chi connectivity index (χ4n) is 3.91. The number of amides is 3. The zero-order valence-electron chi connectivity index (χ0n) is 23.3. The highest BCUT2D eigenvalue weighted by Gasteiger charge is 2.34. The van der Waals surface area contributed by atoms with Crippen LogP contribution in [-0.4, -0.2) is 40.5 Å². The summed E-state index contributed by atoms with van der Waals surface area (Å²) in [5.74, 6) is 0.519. The van der Waals surface area contributed by atoms with Crippen molar-refractivity contribution in [2.45, 2.75) is 70.0 Å². The normalized spacial score (nSPS) is 15.7. The number of carbonyl (C=O) groups excluding carboxylic acids is 3. The summed E-state index contributed by atoms with van der Waals surface area (Å²) in [4.78, 5) is 41.9. The fraction of sp³-hybridized carbons (Fsp3) is 0.379. The molecule has 0 saturated heterocycles. The molecule has 3 aromatic rings. The smallest absolute Gasteiger partial charge is 0.408 e. The molecule has 1 aliphatic heterocycles. The molecule has 1 aromatic heterocycles. The van der Waals surface area contributed by atoms with Crippen LogP contribution in [0.1, 0.15) is 63.2 Å². The summed E-state index contributed by atoms with van der Waals surface area (Å²) in [7, 11) is 0. The van der Waals surface area contributed by atoms with Crippen molar-refractivity contribution in [3.63, 3.8) is 0 Å². The number of fused-ring (bicyclic) bond motifs is 1. The molecule has 0 bridgehead atoms. The molecule has 212 valence electrons. The molecule has 4 rings (SSSR count). The van der Waals surface area contributed by atoms with Gasteiger partial charge < -0.3 is 24.8 Å². The molecule has 9 nitrogen and oxygen atoms in total. The van der Waals surface area contributed by atoms with Crippen molar-refractivity contribution in [1.82, 2.24) is 10.5 Å². The number of halogens is 1. The summed E-state index contributed by atoms with van der Waals surface area (Å²) in [6.45, 7) is 11.4. The van der Waals surface area contributed by atoms with Crippen LogP contribution < -0.4 is 15.5 Å². The second-order valence-electron chi connectivity index (χ2n) is 11.5. The first-order chi connectivity index (χ1) is 18.7. The highest BCUT2D eigenvalue weighted by atomic mass is 35.5. The van der Waals surface area contributed by atoms with Crippen LogP contribution in [-0.2, 0) is 21.5 Å². The van der Waals surface area contributed by atoms with E-state index >= 15 is 0 Å². The van der Waals surface area contributed by atoms with Gasteiger partial charge in [-0.2, -0.15) is 0 Å². The number of rotatable bonds is 5. The molecule has 1 atom stereocenters. The Kier molecular flexibility index (Phi) is 8.51. The minimum absolute atomic E-state index is 0.208. The number of nitrogens with one attached hydrogen (secondary N) is 2. The van der Waals surface area contributed by atoms with Gasteiger partial charge >= 0.3 is 6.09 Å². The second-order valence-corrected chi connectivity index (χ2v) is 13.0. The summed E-state index contributed by atoms with van der Waals surface area (Å²) in [6.07, 6.45) is -0.675. The first-order valence-corrected chi connectivity index (χ1v) is 14.2. The molecule has 0 fully saturated rings. The first kappa shape index (κ1) is 29.5. The number of benzene rings is 2. The topological polar surface area (TPSA) is 114 Å². The van der Waals surface area contributed by atoms with Crippen molar-refractivity contribution in [3.8, 4) is 0 Å². The molecule has 2 aromatic carbocycles. The van der Waals surface area contributed by atoms with Crippen molar-refractivity contribution < 1.29 is 23.6 Å². The molecule has 2 heterocycles. The molecule has 40 heavy (non-hydrogen) atoms. The molecule has 0 saturated carbocycles. The average Bonchev–Trinajstić information content (AvgIpc) is 3.29. The van der Waals surface area contributed by atoms with Crippen LogP contribution in [0.4, 0.5) is 16.3 Å². The Morgan fingerprint density at radius 3 is 2.42 bits per heavy atom. The molecular weight excluding hydrogens is 552 g/mol. The number of nitrogens with zero attached hydrogens (tertiary/aromatic N) is 2. The van der Waals surface area contributed by atoms with Crippen molar-refractivity contribution in [2.75, 3.05) is 16.0 Å². The van der Waals surface area contributed by atoms with Crippen LogP contribution in [0.3, 0.4) is 0 Å². The molecule has 1 aliphatic rings. The van der Waals surface area contributed by atoms with Crippen LogP contribution >= 0.6 is 23.4 Å². The number of hydrogen-bond acceptors (Lipinski definition) is 7. The van der Waals surface area contributed by atoms with Gasteiger partial charge in [0.15, 0.2) is 5.82 Å². The molecule has 2 N–H and O–H groups in total. The predicted octanol–water partition coefficient (Wildman–Crippen LogP) is 6.41. The van der Waals surface area contributed by atoms with Gasteiger partial charge in [0, 0.05) is 32.7 Å². The summed E-state index contributed by atoms with van der Waals surface area (Å²) in [5, 5.41) is 10.0. The van der Waals surface area contributed by atoms with Gasteiger partial charge in [-0.25, -0.2) is 4.79 Å². The summed E-state index contributed by atoms with van der Waals surface area (Å²) in [6, 6.07) is 13.2. The highest BCUT2D eigenvalue weighted by molar-refractivity contribution is 7.99. The van der Waals surface area contributed by atoms with E-state index < -0.39 is 23.6 Å². The van der Waals surface area contributed by atoms with Gasteiger partial charge in [-0.15, -0.1) is 11.8 Å². The standard InChI is InChI=1S/C29H33ClN4O5S/c1-28(2,3)23-14-24(33-39-23)32-25(35)18-9-12-22-21(13-18)34(15-17-7-10-19(30)11-8-17)26(36)20(16-40-22)31-27(37)38-29(4,5)6/h7-14,20H,15-16H2,1-6H3,(H,31,37)(H,32,33,35)/t20-/m0/s1. The molecule has 0 radical (unpaired) electrons. The molecule has 0 unspecified atom stereocenters. The van der Waals surface area contributed by atoms with Gasteiger partial charge in [0.2, 0.25) is 0 Å². The average molecular weight is 585 g/mol. The third-order valence-electron chi connectivity index (χ3n) is 5.92. The predicted molar refractivity (Wildman–Crippen MR) is 156 cm³/mol. The van der Waals surface area contributed by atoms with Crippen LogP contribution in [0.25, 0.3) is 0 Å². The number of ether oxygens (including phenoxy) is 1. The maximum Gasteiger partial charge on any atom is 0.408 e. The Morgan fingerprint density at radius 1 is 1.10 bits per heavy atom. The van der Waals surface area contributed by atoms with Crippen molar-refractivity contribution in [1.29, 1.82) is 0 Å². The van der Waals surface area contributed by atoms with Crippen LogP contribution in [0.15, 0.2) is 57.9 Å². The van der Waals surface area contributed by atoms with E-state index in [0.717, 1.165) is 10.5 Å². The largest absolute Gasteiger partial charge is 0.444 e. The van der Waals surface area contributed by atoms with Gasteiger partial charge in [-0.05, 0) is 56.7 Å². The molecular formula is C29H33ClN4O5S. The van der Waals surface area contributed by atoms with Gasteiger partial charge in [0.25, 0.3) is 11.8 Å². The van der Waals surface area contributed by atoms with E-state index in [-0.39, 0.29) is 17.9 Å². The zero-order valence-corrected chi connectivity index (χ0v) is 24.9. The second kappa shape index (κ2) is 11.5. The monoisotopic (exact) mass is 584 g/mol. The Bertz CT molecular complexity index is 1410. The fourth-order valence-corrected chi connectivity index (χ4v) is 5.09. The summed E-state index contributed by atoms with van der Waals surface area (Å²) in [5.41, 5.74) is 0.757. The van der Waals surface area contributed by atoms with Crippen LogP contribution in [0, 0.1) is 0 Å². The third kappa shape index (κ3) is 7.37. The van der Waals surface area contributed by atoms with E-state index in [1.165, 1.54) is 11.8 Å². The van der Waals surface area contributed by atoms with Gasteiger partial charge in [0.05, 0.1) is 12.2 Å². The van der Waals surface area contributed by atoms with Gasteiger partial charge in [0.1, 0.15) is 17.4 Å². The number of anilines is 2. The molecule has 11 heteroatoms. The number of hydrogen-bond donors (Lipinski definition) is 2. The molecule has 0 aliphatic carbocycles. The van der Waals surface area contributed by atoms with E-state index in [1.54, 1.807) is 62.1 Å². The number of thioether (sulfide) groups is 1. The maximum atomic E-state index is 13.8. The number of alkyl carbamates (subject to hydrolysis) is 1. The van der Waals surface area contributed by atoms with Crippen molar-refractivity contribution in [2.24, 2.45) is 0 Å². The minimum atomic E-state index is -0.845. The molecule has 3 amide bonds. The summed E-state index contributed by atoms with van der Waals surface area (Å²) < 4.78 is 10.8. The van der Waals surface area contributed by atoms with Crippen molar-refractivity contribution in [3.05, 3.63) is 70.4 Å². The maximum absolute atomic E-state index is 13.8. The minimum Gasteiger partial charge on any atom is -0.444 e. The van der Waals surface area contributed by atoms with E-state index in [9.17, 15) is 14.4 Å².